The molecule has 3 aromatic rings. The fourth-order valence-electron chi connectivity index (χ4n) is 1.80. The van der Waals surface area contributed by atoms with Crippen molar-refractivity contribution in [3.05, 3.63) is 65.3 Å². The van der Waals surface area contributed by atoms with Crippen LogP contribution < -0.4 is 4.74 Å². The molecule has 0 aliphatic heterocycles. The van der Waals surface area contributed by atoms with Gasteiger partial charge in [-0.05, 0) is 24.3 Å². The molecular weight excluding hydrogens is 267 g/mol. The molecule has 0 atom stereocenters. The largest absolute Gasteiger partial charge is 0.487 e. The summed E-state index contributed by atoms with van der Waals surface area (Å²) in [7, 11) is 0. The minimum Gasteiger partial charge on any atom is -0.487 e. The number of hydrogen-bond donors (Lipinski definition) is 0. The normalized spacial score (nSPS) is 10.8. The molecule has 0 aliphatic carbocycles. The lowest BCUT2D eigenvalue weighted by Crippen LogP contribution is -1.95. The summed E-state index contributed by atoms with van der Waals surface area (Å²) in [6, 6.07) is 9.63. The van der Waals surface area contributed by atoms with E-state index in [-0.39, 0.29) is 12.4 Å². The van der Waals surface area contributed by atoms with Crippen LogP contribution in [0.1, 0.15) is 5.69 Å². The molecule has 0 aliphatic rings. The van der Waals surface area contributed by atoms with Crippen molar-refractivity contribution in [2.75, 3.05) is 0 Å². The Morgan fingerprint density at radius 2 is 2.11 bits per heavy atom. The predicted octanol–water partition coefficient (Wildman–Crippen LogP) is 3.71. The SMILES string of the molecule is Fc1cccc(OCc2cn3cc(Cl)ccc3n2)c1. The maximum Gasteiger partial charge on any atom is 0.137 e. The molecule has 96 valence electrons. The summed E-state index contributed by atoms with van der Waals surface area (Å²) in [4.78, 5) is 4.38. The van der Waals surface area contributed by atoms with Gasteiger partial charge in [0.05, 0.1) is 10.7 Å². The van der Waals surface area contributed by atoms with Crippen LogP contribution in [0.3, 0.4) is 0 Å². The molecule has 0 radical (unpaired) electrons. The molecule has 0 unspecified atom stereocenters. The summed E-state index contributed by atoms with van der Waals surface area (Å²) in [5.41, 5.74) is 1.55. The van der Waals surface area contributed by atoms with Crippen LogP contribution in [0.15, 0.2) is 48.8 Å². The topological polar surface area (TPSA) is 26.5 Å². The molecule has 3 rings (SSSR count). The fourth-order valence-corrected chi connectivity index (χ4v) is 1.97. The van der Waals surface area contributed by atoms with Gasteiger partial charge in [0.15, 0.2) is 0 Å². The third-order valence-corrected chi connectivity index (χ3v) is 2.87. The van der Waals surface area contributed by atoms with Gasteiger partial charge in [-0.15, -0.1) is 0 Å². The van der Waals surface area contributed by atoms with Gasteiger partial charge in [-0.1, -0.05) is 17.7 Å². The smallest absolute Gasteiger partial charge is 0.137 e. The van der Waals surface area contributed by atoms with Crippen molar-refractivity contribution >= 4 is 17.2 Å². The summed E-state index contributed by atoms with van der Waals surface area (Å²) >= 11 is 5.90. The second-order valence-corrected chi connectivity index (χ2v) is 4.53. The number of ether oxygens (including phenoxy) is 1. The first kappa shape index (κ1) is 12.0. The number of pyridine rings is 1. The molecule has 2 aromatic heterocycles. The van der Waals surface area contributed by atoms with Crippen LogP contribution in [-0.4, -0.2) is 9.38 Å². The van der Waals surface area contributed by atoms with E-state index in [2.05, 4.69) is 4.98 Å². The summed E-state index contributed by atoms with van der Waals surface area (Å²) in [5.74, 6) is 0.161. The van der Waals surface area contributed by atoms with Gasteiger partial charge >= 0.3 is 0 Å². The van der Waals surface area contributed by atoms with Crippen molar-refractivity contribution < 1.29 is 9.13 Å². The van der Waals surface area contributed by atoms with Gasteiger partial charge in [0.2, 0.25) is 0 Å². The Kier molecular flexibility index (Phi) is 3.09. The van der Waals surface area contributed by atoms with E-state index in [1.165, 1.54) is 12.1 Å². The quantitative estimate of drug-likeness (QED) is 0.729. The Hall–Kier alpha value is -2.07. The number of hydrogen-bond acceptors (Lipinski definition) is 2. The lowest BCUT2D eigenvalue weighted by Gasteiger charge is -2.03. The van der Waals surface area contributed by atoms with Crippen LogP contribution in [0.4, 0.5) is 4.39 Å². The van der Waals surface area contributed by atoms with Gasteiger partial charge in [0.25, 0.3) is 0 Å². The van der Waals surface area contributed by atoms with E-state index in [1.54, 1.807) is 24.4 Å². The Morgan fingerprint density at radius 3 is 2.95 bits per heavy atom. The number of benzene rings is 1. The highest BCUT2D eigenvalue weighted by molar-refractivity contribution is 6.30. The molecule has 0 bridgehead atoms. The van der Waals surface area contributed by atoms with Gasteiger partial charge in [0.1, 0.15) is 23.8 Å². The van der Waals surface area contributed by atoms with Gasteiger partial charge in [0, 0.05) is 18.5 Å². The summed E-state index contributed by atoms with van der Waals surface area (Å²) in [6.07, 6.45) is 3.61. The van der Waals surface area contributed by atoms with Gasteiger partial charge < -0.3 is 9.14 Å². The second-order valence-electron chi connectivity index (χ2n) is 4.09. The molecule has 2 heterocycles. The van der Waals surface area contributed by atoms with E-state index in [1.807, 2.05) is 16.7 Å². The van der Waals surface area contributed by atoms with Crippen molar-refractivity contribution in [1.82, 2.24) is 9.38 Å². The first-order chi connectivity index (χ1) is 9.20. The number of nitrogens with zero attached hydrogens (tertiary/aromatic N) is 2. The number of fused-ring (bicyclic) bond motifs is 1. The molecule has 1 aromatic carbocycles. The number of imidazole rings is 1. The van der Waals surface area contributed by atoms with Crippen LogP contribution in [0.5, 0.6) is 5.75 Å². The highest BCUT2D eigenvalue weighted by Crippen LogP contribution is 2.15. The van der Waals surface area contributed by atoms with Crippen molar-refractivity contribution in [2.24, 2.45) is 0 Å². The molecule has 19 heavy (non-hydrogen) atoms. The average molecular weight is 277 g/mol. The molecule has 0 N–H and O–H groups in total. The monoisotopic (exact) mass is 276 g/mol. The maximum absolute atomic E-state index is 13.0. The van der Waals surface area contributed by atoms with Crippen LogP contribution in [0, 0.1) is 5.82 Å². The van der Waals surface area contributed by atoms with E-state index in [0.717, 1.165) is 11.3 Å². The number of rotatable bonds is 3. The van der Waals surface area contributed by atoms with E-state index >= 15 is 0 Å². The first-order valence-corrected chi connectivity index (χ1v) is 6.10. The molecule has 3 nitrogen and oxygen atoms in total. The zero-order valence-electron chi connectivity index (χ0n) is 9.88. The van der Waals surface area contributed by atoms with Crippen LogP contribution in [-0.2, 0) is 6.61 Å². The van der Waals surface area contributed by atoms with E-state index in [4.69, 9.17) is 16.3 Å². The average Bonchev–Trinajstić information content (AvgIpc) is 2.78. The molecule has 0 saturated carbocycles. The van der Waals surface area contributed by atoms with E-state index < -0.39 is 0 Å². The molecule has 5 heteroatoms. The summed E-state index contributed by atoms with van der Waals surface area (Å²) in [5, 5.41) is 0.641. The zero-order valence-corrected chi connectivity index (χ0v) is 10.6. The predicted molar refractivity (Wildman–Crippen MR) is 70.9 cm³/mol. The molecule has 0 fully saturated rings. The first-order valence-electron chi connectivity index (χ1n) is 5.72. The zero-order chi connectivity index (χ0) is 13.2. The summed E-state index contributed by atoms with van der Waals surface area (Å²) in [6.45, 7) is 0.281. The lowest BCUT2D eigenvalue weighted by molar-refractivity contribution is 0.300. The molecule has 0 amide bonds. The van der Waals surface area contributed by atoms with E-state index in [9.17, 15) is 4.39 Å². The Bertz CT molecular complexity index is 726. The van der Waals surface area contributed by atoms with Gasteiger partial charge in [-0.2, -0.15) is 0 Å². The minimum absolute atomic E-state index is 0.281. The van der Waals surface area contributed by atoms with Crippen molar-refractivity contribution in [1.29, 1.82) is 0 Å². The van der Waals surface area contributed by atoms with Gasteiger partial charge in [-0.25, -0.2) is 9.37 Å². The fraction of sp³-hybridized carbons (Fsp3) is 0.0714. The third-order valence-electron chi connectivity index (χ3n) is 2.65. The van der Waals surface area contributed by atoms with Crippen LogP contribution in [0.25, 0.3) is 5.65 Å². The Morgan fingerprint density at radius 1 is 1.21 bits per heavy atom. The van der Waals surface area contributed by atoms with Crippen LogP contribution in [0.2, 0.25) is 5.02 Å². The Balaban J connectivity index is 1.78. The van der Waals surface area contributed by atoms with Crippen LogP contribution >= 0.6 is 11.6 Å². The maximum atomic E-state index is 13.0. The highest BCUT2D eigenvalue weighted by Gasteiger charge is 2.03. The van der Waals surface area contributed by atoms with Crippen molar-refractivity contribution in [3.8, 4) is 5.75 Å². The molecule has 0 spiro atoms. The highest BCUT2D eigenvalue weighted by atomic mass is 35.5. The lowest BCUT2D eigenvalue weighted by atomic mass is 10.3. The standard InChI is InChI=1S/C14H10ClFN2O/c15-10-4-5-14-17-12(8-18(14)7-10)9-19-13-3-1-2-11(16)6-13/h1-8H,9H2. The number of halogens is 2. The third kappa shape index (κ3) is 2.69. The van der Waals surface area contributed by atoms with Gasteiger partial charge in [-0.3, -0.25) is 0 Å². The number of aromatic nitrogens is 2. The molecular formula is C14H10ClFN2O. The molecule has 0 saturated heterocycles. The Labute approximate surface area is 114 Å². The second kappa shape index (κ2) is 4.90. The van der Waals surface area contributed by atoms with Crippen molar-refractivity contribution in [3.63, 3.8) is 0 Å². The summed E-state index contributed by atoms with van der Waals surface area (Å²) < 4.78 is 20.3. The van der Waals surface area contributed by atoms with E-state index in [0.29, 0.717) is 10.8 Å². The van der Waals surface area contributed by atoms with Crippen molar-refractivity contribution in [2.45, 2.75) is 6.61 Å². The minimum atomic E-state index is -0.320.